The SMILES string of the molecule is COCC(C)(C)c1ccc(N2[C@@H](c3ccc4nc([C@@H]5CCCN5C(=O)[C@@H](NC(=O)O)C(C)C)[nH]c4c3)CC[C@@H]2c2ccc3nc([C@@H]4CCCN4C(=O)[C@@H](NC(=O)OC)C(C)C)[nH]c3c2)cc1. The summed E-state index contributed by atoms with van der Waals surface area (Å²) in [4.78, 5) is 74.7. The van der Waals surface area contributed by atoms with E-state index in [0.717, 1.165) is 83.2 Å². The van der Waals surface area contributed by atoms with E-state index in [2.05, 4.69) is 100 Å². The lowest BCUT2D eigenvalue weighted by Crippen LogP contribution is -2.51. The molecule has 3 saturated heterocycles. The first-order valence-corrected chi connectivity index (χ1v) is 23.4. The molecule has 2 aromatic heterocycles. The van der Waals surface area contributed by atoms with Gasteiger partial charge in [-0.25, -0.2) is 19.6 Å². The maximum absolute atomic E-state index is 13.9. The summed E-state index contributed by atoms with van der Waals surface area (Å²) in [6, 6.07) is 19.7. The summed E-state index contributed by atoms with van der Waals surface area (Å²) < 4.78 is 10.4. The number of carbonyl (C=O) groups excluding carboxylic acids is 3. The summed E-state index contributed by atoms with van der Waals surface area (Å²) in [6.07, 6.45) is 3.08. The molecule has 3 fully saturated rings. The number of likely N-dealkylation sites (tertiary alicyclic amines) is 2. The van der Waals surface area contributed by atoms with E-state index in [1.165, 1.54) is 12.7 Å². The number of rotatable bonds is 14. The molecule has 352 valence electrons. The number of aromatic nitrogens is 4. The van der Waals surface area contributed by atoms with Crippen molar-refractivity contribution >= 4 is 51.8 Å². The summed E-state index contributed by atoms with van der Waals surface area (Å²) in [5, 5.41) is 14.6. The number of imidazole rings is 2. The van der Waals surface area contributed by atoms with Crippen LogP contribution >= 0.6 is 0 Å². The largest absolute Gasteiger partial charge is 0.465 e. The highest BCUT2D eigenvalue weighted by Gasteiger charge is 2.40. The van der Waals surface area contributed by atoms with Crippen molar-refractivity contribution in [1.82, 2.24) is 40.4 Å². The second-order valence-electron chi connectivity index (χ2n) is 19.6. The van der Waals surface area contributed by atoms with Crippen LogP contribution in [-0.4, -0.2) is 105 Å². The van der Waals surface area contributed by atoms with Crippen LogP contribution in [0.3, 0.4) is 0 Å². The van der Waals surface area contributed by atoms with Crippen LogP contribution in [0.15, 0.2) is 60.7 Å². The monoisotopic (exact) mass is 904 g/mol. The van der Waals surface area contributed by atoms with Crippen molar-refractivity contribution < 1.29 is 33.8 Å². The third-order valence-corrected chi connectivity index (χ3v) is 14.0. The van der Waals surface area contributed by atoms with Crippen molar-refractivity contribution in [2.75, 3.05) is 38.8 Å². The summed E-state index contributed by atoms with van der Waals surface area (Å²) in [6.45, 7) is 13.6. The van der Waals surface area contributed by atoms with Gasteiger partial charge in [-0.3, -0.25) is 9.59 Å². The van der Waals surface area contributed by atoms with Gasteiger partial charge in [0.05, 0.1) is 60.0 Å². The third-order valence-electron chi connectivity index (χ3n) is 14.0. The molecule has 0 radical (unpaired) electrons. The number of carbonyl (C=O) groups is 4. The summed E-state index contributed by atoms with van der Waals surface area (Å²) >= 11 is 0. The molecule has 0 unspecified atom stereocenters. The average Bonchev–Trinajstić information content (AvgIpc) is 4.15. The van der Waals surface area contributed by atoms with Crippen LogP contribution in [0.2, 0.25) is 0 Å². The van der Waals surface area contributed by atoms with E-state index in [9.17, 15) is 24.3 Å². The van der Waals surface area contributed by atoms with Crippen molar-refractivity contribution in [2.45, 2.75) is 122 Å². The topological polar surface area (TPSA) is 198 Å². The molecule has 3 aliphatic rings. The Labute approximate surface area is 386 Å². The van der Waals surface area contributed by atoms with Crippen LogP contribution in [0.25, 0.3) is 22.1 Å². The molecule has 0 spiro atoms. The number of nitrogens with one attached hydrogen (secondary N) is 4. The van der Waals surface area contributed by atoms with Gasteiger partial charge in [-0.15, -0.1) is 0 Å². The Balaban J connectivity index is 1.10. The predicted molar refractivity (Wildman–Crippen MR) is 252 cm³/mol. The van der Waals surface area contributed by atoms with E-state index in [4.69, 9.17) is 19.4 Å². The van der Waals surface area contributed by atoms with Gasteiger partial charge in [0.1, 0.15) is 23.7 Å². The van der Waals surface area contributed by atoms with Gasteiger partial charge in [0.15, 0.2) is 0 Å². The Morgan fingerprint density at radius 1 is 0.712 bits per heavy atom. The van der Waals surface area contributed by atoms with E-state index < -0.39 is 24.3 Å². The first kappa shape index (κ1) is 46.4. The first-order chi connectivity index (χ1) is 31.6. The molecular weight excluding hydrogens is 839 g/mol. The number of H-pyrrole nitrogens is 2. The molecule has 5 N–H and O–H groups in total. The fraction of sp³-hybridized carbons (Fsp3) is 0.520. The zero-order chi connectivity index (χ0) is 47.0. The highest BCUT2D eigenvalue weighted by Crippen LogP contribution is 2.48. The van der Waals surface area contributed by atoms with Gasteiger partial charge in [0.2, 0.25) is 11.8 Å². The third kappa shape index (κ3) is 9.16. The van der Waals surface area contributed by atoms with Crippen molar-refractivity contribution in [1.29, 1.82) is 0 Å². The standard InChI is InChI=1S/C50H65N9O7/c1-28(2)42(55-48(62)63)46(60)57-23-9-11-40(57)44-51-34-19-13-30(25-36(34)53-44)38-21-22-39(59(38)33-17-15-32(16-18-33)50(5,6)27-65-7)31-14-20-35-37(26-31)54-45(52-35)41-12-10-24-58(41)47(61)43(29(3)4)56-49(64)66-8/h13-20,25-26,28-29,38-43,55H,9-12,21-24,27H2,1-8H3,(H,51,53)(H,52,54)(H,56,64)(H,62,63)/t38-,39-,40+,41+,42+,43+/m1/s1. The van der Waals surface area contributed by atoms with Gasteiger partial charge in [-0.1, -0.05) is 65.8 Å². The first-order valence-electron chi connectivity index (χ1n) is 23.4. The lowest BCUT2D eigenvalue weighted by atomic mass is 9.85. The molecule has 0 saturated carbocycles. The second kappa shape index (κ2) is 19.0. The minimum Gasteiger partial charge on any atom is -0.465 e. The Hall–Kier alpha value is -6.16. The molecule has 5 aromatic rings. The van der Waals surface area contributed by atoms with Gasteiger partial charge < -0.3 is 49.9 Å². The van der Waals surface area contributed by atoms with Gasteiger partial charge in [0, 0.05) is 31.3 Å². The highest BCUT2D eigenvalue weighted by molar-refractivity contribution is 5.87. The number of benzene rings is 3. The van der Waals surface area contributed by atoms with Crippen LogP contribution in [0.1, 0.15) is 133 Å². The van der Waals surface area contributed by atoms with Crippen molar-refractivity contribution in [3.8, 4) is 0 Å². The summed E-state index contributed by atoms with van der Waals surface area (Å²) in [5.74, 6) is 0.725. The zero-order valence-corrected chi connectivity index (χ0v) is 39.4. The Morgan fingerprint density at radius 3 is 1.64 bits per heavy atom. The number of nitrogens with zero attached hydrogens (tertiary/aromatic N) is 5. The molecule has 16 heteroatoms. The number of fused-ring (bicyclic) bond motifs is 2. The number of ether oxygens (including phenoxy) is 2. The fourth-order valence-corrected chi connectivity index (χ4v) is 10.5. The van der Waals surface area contributed by atoms with Gasteiger partial charge in [0.25, 0.3) is 0 Å². The number of hydrogen-bond donors (Lipinski definition) is 5. The minimum absolute atomic E-state index is 0.0287. The van der Waals surface area contributed by atoms with Crippen LogP contribution in [0.5, 0.6) is 0 Å². The maximum Gasteiger partial charge on any atom is 0.407 e. The average molecular weight is 904 g/mol. The number of aromatic amines is 2. The second-order valence-corrected chi connectivity index (χ2v) is 19.6. The molecule has 3 aromatic carbocycles. The molecule has 5 heterocycles. The molecule has 0 aliphatic carbocycles. The molecule has 16 nitrogen and oxygen atoms in total. The van der Waals surface area contributed by atoms with E-state index in [1.54, 1.807) is 12.0 Å². The number of amides is 4. The molecule has 8 rings (SSSR count). The summed E-state index contributed by atoms with van der Waals surface area (Å²) in [5.41, 5.74) is 7.85. The lowest BCUT2D eigenvalue weighted by Gasteiger charge is -2.34. The van der Waals surface area contributed by atoms with Crippen molar-refractivity contribution in [3.05, 3.63) is 89.0 Å². The molecule has 6 atom stereocenters. The smallest absolute Gasteiger partial charge is 0.407 e. The molecule has 4 amide bonds. The lowest BCUT2D eigenvalue weighted by molar-refractivity contribution is -0.136. The van der Waals surface area contributed by atoms with Crippen LogP contribution in [0, 0.1) is 11.8 Å². The van der Waals surface area contributed by atoms with Crippen molar-refractivity contribution in [2.24, 2.45) is 11.8 Å². The quantitative estimate of drug-likeness (QED) is 0.0721. The van der Waals surface area contributed by atoms with Crippen LogP contribution in [0.4, 0.5) is 15.3 Å². The van der Waals surface area contributed by atoms with Crippen molar-refractivity contribution in [3.63, 3.8) is 0 Å². The fourth-order valence-electron chi connectivity index (χ4n) is 10.5. The molecule has 0 bridgehead atoms. The zero-order valence-electron chi connectivity index (χ0n) is 39.4. The van der Waals surface area contributed by atoms with Crippen LogP contribution < -0.4 is 15.5 Å². The number of anilines is 1. The van der Waals surface area contributed by atoms with Gasteiger partial charge in [-0.05, 0) is 103 Å². The summed E-state index contributed by atoms with van der Waals surface area (Å²) in [7, 11) is 3.03. The Kier molecular flexibility index (Phi) is 13.3. The number of hydrogen-bond acceptors (Lipinski definition) is 9. The normalized spacial score (nSPS) is 21.0. The Morgan fingerprint density at radius 2 is 1.20 bits per heavy atom. The van der Waals surface area contributed by atoms with E-state index in [1.807, 2.05) is 32.6 Å². The van der Waals surface area contributed by atoms with E-state index in [0.29, 0.717) is 25.5 Å². The molecular formula is C50H65N9O7. The van der Waals surface area contributed by atoms with Gasteiger partial charge in [-0.2, -0.15) is 0 Å². The molecule has 3 aliphatic heterocycles. The Bertz CT molecular complexity index is 2570. The minimum atomic E-state index is -1.21. The number of alkyl carbamates (subject to hydrolysis) is 1. The number of carboxylic acid groups (broad SMARTS) is 1. The predicted octanol–water partition coefficient (Wildman–Crippen LogP) is 8.45. The van der Waals surface area contributed by atoms with Crippen LogP contribution in [-0.2, 0) is 24.5 Å². The van der Waals surface area contributed by atoms with Gasteiger partial charge >= 0.3 is 12.2 Å². The van der Waals surface area contributed by atoms with E-state index >= 15 is 0 Å². The highest BCUT2D eigenvalue weighted by atomic mass is 16.5. The maximum atomic E-state index is 13.9. The van der Waals surface area contributed by atoms with E-state index in [-0.39, 0.29) is 53.2 Å². The number of methoxy groups -OCH3 is 2. The molecule has 66 heavy (non-hydrogen) atoms.